The van der Waals surface area contributed by atoms with Gasteiger partial charge < -0.3 is 19.2 Å². The van der Waals surface area contributed by atoms with E-state index in [1.807, 2.05) is 26.0 Å². The number of ether oxygens (including phenoxy) is 2. The van der Waals surface area contributed by atoms with E-state index in [4.69, 9.17) is 13.9 Å². The third-order valence-corrected chi connectivity index (χ3v) is 3.29. The van der Waals surface area contributed by atoms with E-state index in [9.17, 15) is 4.79 Å². The molecular weight excluding hydrogens is 270 g/mol. The van der Waals surface area contributed by atoms with E-state index in [2.05, 4.69) is 5.32 Å². The van der Waals surface area contributed by atoms with Gasteiger partial charge in [-0.05, 0) is 32.0 Å². The first-order valence-corrected chi connectivity index (χ1v) is 6.98. The predicted octanol–water partition coefficient (Wildman–Crippen LogP) is 3.25. The van der Waals surface area contributed by atoms with Crippen LogP contribution >= 0.6 is 0 Å². The number of fused-ring (bicyclic) bond motifs is 1. The number of hydrogen-bond donors (Lipinski definition) is 1. The van der Waals surface area contributed by atoms with Crippen molar-refractivity contribution in [2.45, 2.75) is 26.4 Å². The number of rotatable bonds is 4. The minimum atomic E-state index is -0.313. The van der Waals surface area contributed by atoms with Gasteiger partial charge in [-0.15, -0.1) is 0 Å². The van der Waals surface area contributed by atoms with Crippen LogP contribution in [0.25, 0.3) is 0 Å². The SMILES string of the molecule is CCOc1cc2c(cc1NC(=O)c1ccco1)O[C@H](C)C2. The molecule has 1 aromatic heterocycles. The highest BCUT2D eigenvalue weighted by atomic mass is 16.5. The molecule has 1 amide bonds. The zero-order chi connectivity index (χ0) is 14.8. The molecule has 0 fully saturated rings. The molecule has 5 heteroatoms. The molecule has 2 aromatic rings. The molecule has 0 unspecified atom stereocenters. The average Bonchev–Trinajstić information content (AvgIpc) is 3.07. The Morgan fingerprint density at radius 3 is 3.05 bits per heavy atom. The Morgan fingerprint density at radius 1 is 1.48 bits per heavy atom. The summed E-state index contributed by atoms with van der Waals surface area (Å²) in [7, 11) is 0. The van der Waals surface area contributed by atoms with Crippen LogP contribution in [-0.4, -0.2) is 18.6 Å². The maximum absolute atomic E-state index is 12.1. The van der Waals surface area contributed by atoms with Crippen LogP contribution in [0.5, 0.6) is 11.5 Å². The summed E-state index contributed by atoms with van der Waals surface area (Å²) in [5.74, 6) is 1.38. The Balaban J connectivity index is 1.90. The number of hydrogen-bond acceptors (Lipinski definition) is 4. The van der Waals surface area contributed by atoms with Crippen molar-refractivity contribution in [3.05, 3.63) is 41.9 Å². The molecule has 1 aromatic carbocycles. The lowest BCUT2D eigenvalue weighted by molar-refractivity contribution is 0.0996. The summed E-state index contributed by atoms with van der Waals surface area (Å²) in [6, 6.07) is 7.03. The van der Waals surface area contributed by atoms with Crippen LogP contribution in [0.15, 0.2) is 34.9 Å². The molecule has 21 heavy (non-hydrogen) atoms. The van der Waals surface area contributed by atoms with Gasteiger partial charge in [-0.1, -0.05) is 0 Å². The zero-order valence-electron chi connectivity index (χ0n) is 12.0. The molecule has 0 bridgehead atoms. The molecule has 5 nitrogen and oxygen atoms in total. The minimum absolute atomic E-state index is 0.144. The van der Waals surface area contributed by atoms with Crippen LogP contribution in [0.1, 0.15) is 30.0 Å². The maximum Gasteiger partial charge on any atom is 0.291 e. The van der Waals surface area contributed by atoms with Crippen molar-refractivity contribution < 1.29 is 18.7 Å². The molecule has 1 aliphatic rings. The van der Waals surface area contributed by atoms with Crippen molar-refractivity contribution in [2.24, 2.45) is 0 Å². The van der Waals surface area contributed by atoms with Gasteiger partial charge in [0.25, 0.3) is 5.91 Å². The summed E-state index contributed by atoms with van der Waals surface area (Å²) in [4.78, 5) is 12.1. The van der Waals surface area contributed by atoms with E-state index in [1.54, 1.807) is 12.1 Å². The Bertz CT molecular complexity index is 649. The number of carbonyl (C=O) groups excluding carboxylic acids is 1. The fraction of sp³-hybridized carbons (Fsp3) is 0.312. The van der Waals surface area contributed by atoms with E-state index >= 15 is 0 Å². The summed E-state index contributed by atoms with van der Waals surface area (Å²) in [6.45, 7) is 4.45. The first-order chi connectivity index (χ1) is 10.2. The van der Waals surface area contributed by atoms with Crippen molar-refractivity contribution in [3.8, 4) is 11.5 Å². The molecule has 0 aliphatic carbocycles. The number of anilines is 1. The van der Waals surface area contributed by atoms with E-state index < -0.39 is 0 Å². The lowest BCUT2D eigenvalue weighted by Crippen LogP contribution is -2.12. The van der Waals surface area contributed by atoms with Gasteiger partial charge in [0.1, 0.15) is 17.6 Å². The summed E-state index contributed by atoms with van der Waals surface area (Å²) in [5, 5.41) is 2.80. The van der Waals surface area contributed by atoms with Crippen LogP contribution in [0.2, 0.25) is 0 Å². The van der Waals surface area contributed by atoms with Crippen molar-refractivity contribution in [1.82, 2.24) is 0 Å². The number of furan rings is 1. The van der Waals surface area contributed by atoms with Crippen LogP contribution in [0.3, 0.4) is 0 Å². The van der Waals surface area contributed by atoms with Gasteiger partial charge in [-0.2, -0.15) is 0 Å². The van der Waals surface area contributed by atoms with Gasteiger partial charge in [-0.3, -0.25) is 4.79 Å². The highest BCUT2D eigenvalue weighted by Gasteiger charge is 2.23. The van der Waals surface area contributed by atoms with E-state index in [-0.39, 0.29) is 17.8 Å². The Labute approximate surface area is 122 Å². The van der Waals surface area contributed by atoms with E-state index in [0.717, 1.165) is 17.7 Å². The second-order valence-corrected chi connectivity index (χ2v) is 4.95. The molecule has 0 saturated carbocycles. The first kappa shape index (κ1) is 13.5. The fourth-order valence-electron chi connectivity index (χ4n) is 2.40. The molecule has 1 aliphatic heterocycles. The van der Waals surface area contributed by atoms with Crippen LogP contribution in [-0.2, 0) is 6.42 Å². The van der Waals surface area contributed by atoms with Gasteiger partial charge >= 0.3 is 0 Å². The number of amides is 1. The largest absolute Gasteiger partial charge is 0.492 e. The highest BCUT2D eigenvalue weighted by Crippen LogP contribution is 2.38. The Hall–Kier alpha value is -2.43. The molecule has 110 valence electrons. The molecule has 2 heterocycles. The van der Waals surface area contributed by atoms with Crippen molar-refractivity contribution in [1.29, 1.82) is 0 Å². The normalized spacial score (nSPS) is 16.2. The van der Waals surface area contributed by atoms with E-state index in [0.29, 0.717) is 18.0 Å². The molecule has 0 spiro atoms. The van der Waals surface area contributed by atoms with E-state index in [1.165, 1.54) is 6.26 Å². The molecule has 0 radical (unpaired) electrons. The lowest BCUT2D eigenvalue weighted by Gasteiger charge is -2.13. The third kappa shape index (κ3) is 2.72. The topological polar surface area (TPSA) is 60.7 Å². The van der Waals surface area contributed by atoms with Crippen molar-refractivity contribution in [3.63, 3.8) is 0 Å². The second kappa shape index (κ2) is 5.52. The monoisotopic (exact) mass is 287 g/mol. The maximum atomic E-state index is 12.1. The molecule has 1 N–H and O–H groups in total. The fourth-order valence-corrected chi connectivity index (χ4v) is 2.40. The van der Waals surface area contributed by atoms with Crippen LogP contribution < -0.4 is 14.8 Å². The smallest absolute Gasteiger partial charge is 0.291 e. The average molecular weight is 287 g/mol. The Morgan fingerprint density at radius 2 is 2.33 bits per heavy atom. The number of benzene rings is 1. The predicted molar refractivity (Wildman–Crippen MR) is 78.1 cm³/mol. The lowest BCUT2D eigenvalue weighted by atomic mass is 10.1. The summed E-state index contributed by atoms with van der Waals surface area (Å²) >= 11 is 0. The molecule has 1 atom stereocenters. The van der Waals surface area contributed by atoms with Crippen molar-refractivity contribution >= 4 is 11.6 Å². The van der Waals surface area contributed by atoms with Gasteiger partial charge in [0.2, 0.25) is 0 Å². The van der Waals surface area contributed by atoms with Gasteiger partial charge in [0, 0.05) is 18.1 Å². The number of carbonyl (C=O) groups is 1. The zero-order valence-corrected chi connectivity index (χ0v) is 12.0. The Kier molecular flexibility index (Phi) is 3.56. The molecular formula is C16H17NO4. The summed E-state index contributed by atoms with van der Waals surface area (Å²) < 4.78 is 16.4. The van der Waals surface area contributed by atoms with Gasteiger partial charge in [0.05, 0.1) is 18.6 Å². The first-order valence-electron chi connectivity index (χ1n) is 6.98. The van der Waals surface area contributed by atoms with Gasteiger partial charge in [-0.25, -0.2) is 0 Å². The minimum Gasteiger partial charge on any atom is -0.492 e. The van der Waals surface area contributed by atoms with Crippen LogP contribution in [0, 0.1) is 0 Å². The van der Waals surface area contributed by atoms with Crippen molar-refractivity contribution in [2.75, 3.05) is 11.9 Å². The summed E-state index contributed by atoms with van der Waals surface area (Å²) in [5.41, 5.74) is 1.69. The van der Waals surface area contributed by atoms with Crippen LogP contribution in [0.4, 0.5) is 5.69 Å². The van der Waals surface area contributed by atoms with Gasteiger partial charge in [0.15, 0.2) is 5.76 Å². The quantitative estimate of drug-likeness (QED) is 0.937. The second-order valence-electron chi connectivity index (χ2n) is 4.95. The third-order valence-electron chi connectivity index (χ3n) is 3.29. The molecule has 3 rings (SSSR count). The summed E-state index contributed by atoms with van der Waals surface area (Å²) in [6.07, 6.45) is 2.46. The molecule has 0 saturated heterocycles. The highest BCUT2D eigenvalue weighted by molar-refractivity contribution is 6.03. The number of nitrogens with one attached hydrogen (secondary N) is 1. The standard InChI is InChI=1S/C16H17NO4/c1-3-19-15-8-11-7-10(2)21-14(11)9-12(15)17-16(18)13-5-4-6-20-13/h4-6,8-10H,3,7H2,1-2H3,(H,17,18)/t10-/m1/s1.